The van der Waals surface area contributed by atoms with Gasteiger partial charge >= 0.3 is 12.0 Å². The fourth-order valence-electron chi connectivity index (χ4n) is 2.80. The highest BCUT2D eigenvalue weighted by molar-refractivity contribution is 5.97. The zero-order valence-corrected chi connectivity index (χ0v) is 16.6. The normalized spacial score (nSPS) is 11.4. The fourth-order valence-corrected chi connectivity index (χ4v) is 2.80. The molecule has 0 fully saturated rings. The number of hydrogen-bond donors (Lipinski definition) is 3. The van der Waals surface area contributed by atoms with Crippen LogP contribution in [0.15, 0.2) is 72.8 Å². The molecule has 1 atom stereocenters. The Morgan fingerprint density at radius 2 is 1.53 bits per heavy atom. The average Bonchev–Trinajstić information content (AvgIpc) is 2.74. The number of amides is 3. The van der Waals surface area contributed by atoms with Crippen LogP contribution in [0, 0.1) is 0 Å². The first kappa shape index (κ1) is 20.9. The van der Waals surface area contributed by atoms with Gasteiger partial charge in [0.15, 0.2) is 6.10 Å². The summed E-state index contributed by atoms with van der Waals surface area (Å²) in [7, 11) is 0. The largest absolute Gasteiger partial charge is 0.452 e. The predicted octanol–water partition coefficient (Wildman–Crippen LogP) is 3.92. The number of ether oxygens (including phenoxy) is 1. The minimum absolute atomic E-state index is 0.0458. The van der Waals surface area contributed by atoms with Crippen LogP contribution in [0.5, 0.6) is 0 Å². The molecule has 0 aliphatic carbocycles. The summed E-state index contributed by atoms with van der Waals surface area (Å²) in [5.41, 5.74) is 1.28. The van der Waals surface area contributed by atoms with Crippen molar-refractivity contribution in [1.29, 1.82) is 0 Å². The van der Waals surface area contributed by atoms with E-state index in [4.69, 9.17) is 4.74 Å². The molecular formula is C23H23N3O4. The smallest absolute Gasteiger partial charge is 0.319 e. The van der Waals surface area contributed by atoms with Crippen LogP contribution in [-0.4, -0.2) is 30.6 Å². The molecule has 0 spiro atoms. The predicted molar refractivity (Wildman–Crippen MR) is 116 cm³/mol. The van der Waals surface area contributed by atoms with Gasteiger partial charge in [-0.25, -0.2) is 4.79 Å². The molecule has 0 bridgehead atoms. The van der Waals surface area contributed by atoms with Crippen LogP contribution < -0.4 is 16.0 Å². The first-order valence-electron chi connectivity index (χ1n) is 9.60. The number of urea groups is 1. The standard InChI is InChI=1S/C23H23N3O4/c1-16(22(28)25-20-12-11-17-7-5-6-8-18(17)15-20)30-21(27)13-14-24-23(29)26-19-9-3-2-4-10-19/h2-12,15-16H,13-14H2,1H3,(H,25,28)(H2,24,26,29)/t16-/m0/s1. The molecule has 3 N–H and O–H groups in total. The van der Waals surface area contributed by atoms with Crippen molar-refractivity contribution in [2.24, 2.45) is 0 Å². The number of rotatable bonds is 7. The first-order chi connectivity index (χ1) is 14.5. The summed E-state index contributed by atoms with van der Waals surface area (Å²) in [6, 6.07) is 21.9. The highest BCUT2D eigenvalue weighted by Gasteiger charge is 2.18. The molecule has 0 saturated carbocycles. The van der Waals surface area contributed by atoms with Crippen LogP contribution in [0.1, 0.15) is 13.3 Å². The summed E-state index contributed by atoms with van der Waals surface area (Å²) in [6.45, 7) is 1.60. The first-order valence-corrected chi connectivity index (χ1v) is 9.60. The van der Waals surface area contributed by atoms with Crippen molar-refractivity contribution in [3.05, 3.63) is 72.8 Å². The van der Waals surface area contributed by atoms with Crippen LogP contribution >= 0.6 is 0 Å². The van der Waals surface area contributed by atoms with Gasteiger partial charge in [-0.1, -0.05) is 48.5 Å². The molecule has 0 heterocycles. The van der Waals surface area contributed by atoms with E-state index in [9.17, 15) is 14.4 Å². The third-order valence-corrected chi connectivity index (χ3v) is 4.34. The maximum atomic E-state index is 12.3. The molecule has 3 aromatic rings. The Balaban J connectivity index is 1.40. The van der Waals surface area contributed by atoms with E-state index in [1.54, 1.807) is 30.3 Å². The molecule has 30 heavy (non-hydrogen) atoms. The van der Waals surface area contributed by atoms with Crippen LogP contribution in [0.25, 0.3) is 10.8 Å². The zero-order chi connectivity index (χ0) is 21.3. The van der Waals surface area contributed by atoms with E-state index < -0.39 is 24.0 Å². The lowest BCUT2D eigenvalue weighted by Gasteiger charge is -2.14. The molecule has 0 unspecified atom stereocenters. The minimum Gasteiger partial charge on any atom is -0.452 e. The maximum absolute atomic E-state index is 12.3. The monoisotopic (exact) mass is 405 g/mol. The van der Waals surface area contributed by atoms with Gasteiger partial charge < -0.3 is 20.7 Å². The molecule has 7 nitrogen and oxygen atoms in total. The quantitative estimate of drug-likeness (QED) is 0.519. The van der Waals surface area contributed by atoms with Gasteiger partial charge in [0.25, 0.3) is 5.91 Å². The third-order valence-electron chi connectivity index (χ3n) is 4.34. The Kier molecular flexibility index (Phi) is 7.00. The fraction of sp³-hybridized carbons (Fsp3) is 0.174. The molecule has 3 rings (SSSR count). The second kappa shape index (κ2) is 10.1. The molecular weight excluding hydrogens is 382 g/mol. The number of anilines is 2. The number of para-hydroxylation sites is 1. The number of esters is 1. The Morgan fingerprint density at radius 1 is 0.833 bits per heavy atom. The maximum Gasteiger partial charge on any atom is 0.319 e. The van der Waals surface area contributed by atoms with Gasteiger partial charge in [-0.3, -0.25) is 9.59 Å². The van der Waals surface area contributed by atoms with Gasteiger partial charge in [-0.2, -0.15) is 0 Å². The number of benzene rings is 3. The van der Waals surface area contributed by atoms with E-state index >= 15 is 0 Å². The number of nitrogens with one attached hydrogen (secondary N) is 3. The van der Waals surface area contributed by atoms with E-state index in [2.05, 4.69) is 16.0 Å². The summed E-state index contributed by atoms with van der Waals surface area (Å²) in [5, 5.41) is 10.0. The van der Waals surface area contributed by atoms with E-state index in [0.717, 1.165) is 10.8 Å². The van der Waals surface area contributed by atoms with E-state index in [-0.39, 0.29) is 13.0 Å². The lowest BCUT2D eigenvalue weighted by atomic mass is 10.1. The Labute approximate surface area is 174 Å². The van der Waals surface area contributed by atoms with Crippen LogP contribution in [0.4, 0.5) is 16.2 Å². The van der Waals surface area contributed by atoms with Crippen molar-refractivity contribution >= 4 is 40.1 Å². The summed E-state index contributed by atoms with van der Waals surface area (Å²) >= 11 is 0. The van der Waals surface area contributed by atoms with Crippen LogP contribution in [0.2, 0.25) is 0 Å². The average molecular weight is 405 g/mol. The van der Waals surface area contributed by atoms with Gasteiger partial charge in [0.1, 0.15) is 0 Å². The Morgan fingerprint density at radius 3 is 2.30 bits per heavy atom. The summed E-state index contributed by atoms with van der Waals surface area (Å²) < 4.78 is 5.15. The van der Waals surface area contributed by atoms with Gasteiger partial charge in [0.2, 0.25) is 0 Å². The topological polar surface area (TPSA) is 96.5 Å². The van der Waals surface area contributed by atoms with Crippen molar-refractivity contribution in [3.63, 3.8) is 0 Å². The molecule has 154 valence electrons. The third kappa shape index (κ3) is 6.07. The highest BCUT2D eigenvalue weighted by atomic mass is 16.5. The molecule has 0 aromatic heterocycles. The van der Waals surface area contributed by atoms with Crippen molar-refractivity contribution in [3.8, 4) is 0 Å². The number of carbonyl (C=O) groups is 3. The lowest BCUT2D eigenvalue weighted by Crippen LogP contribution is -2.33. The minimum atomic E-state index is -0.956. The molecule has 7 heteroatoms. The van der Waals surface area contributed by atoms with Crippen molar-refractivity contribution in [2.75, 3.05) is 17.2 Å². The lowest BCUT2D eigenvalue weighted by molar-refractivity contribution is -0.153. The van der Waals surface area contributed by atoms with Crippen molar-refractivity contribution < 1.29 is 19.1 Å². The number of fused-ring (bicyclic) bond motifs is 1. The Hall–Kier alpha value is -3.87. The molecule has 0 saturated heterocycles. The molecule has 0 aliphatic rings. The number of carbonyl (C=O) groups excluding carboxylic acids is 3. The van der Waals surface area contributed by atoms with Crippen molar-refractivity contribution in [1.82, 2.24) is 5.32 Å². The van der Waals surface area contributed by atoms with E-state index in [1.165, 1.54) is 6.92 Å². The van der Waals surface area contributed by atoms with E-state index in [0.29, 0.717) is 11.4 Å². The molecule has 0 radical (unpaired) electrons. The summed E-state index contributed by atoms with van der Waals surface area (Å²) in [5.74, 6) is -0.996. The SMILES string of the molecule is C[C@H](OC(=O)CCNC(=O)Nc1ccccc1)C(=O)Nc1ccc2ccccc2c1. The molecule has 0 aliphatic heterocycles. The second-order valence-corrected chi connectivity index (χ2v) is 6.68. The number of hydrogen-bond acceptors (Lipinski definition) is 4. The highest BCUT2D eigenvalue weighted by Crippen LogP contribution is 2.19. The molecule has 3 amide bonds. The molecule has 3 aromatic carbocycles. The Bertz CT molecular complexity index is 1040. The second-order valence-electron chi connectivity index (χ2n) is 6.68. The summed E-state index contributed by atoms with van der Waals surface area (Å²) in [4.78, 5) is 36.0. The van der Waals surface area contributed by atoms with Gasteiger partial charge in [0.05, 0.1) is 6.42 Å². The van der Waals surface area contributed by atoms with Gasteiger partial charge in [-0.05, 0) is 42.0 Å². The van der Waals surface area contributed by atoms with Crippen LogP contribution in [0.3, 0.4) is 0 Å². The zero-order valence-electron chi connectivity index (χ0n) is 16.6. The van der Waals surface area contributed by atoms with Gasteiger partial charge in [0, 0.05) is 17.9 Å². The summed E-state index contributed by atoms with van der Waals surface area (Å²) in [6.07, 6.45) is -1.00. The van der Waals surface area contributed by atoms with Crippen LogP contribution in [-0.2, 0) is 14.3 Å². The van der Waals surface area contributed by atoms with Crippen molar-refractivity contribution in [2.45, 2.75) is 19.4 Å². The van der Waals surface area contributed by atoms with E-state index in [1.807, 2.05) is 42.5 Å². The van der Waals surface area contributed by atoms with Gasteiger partial charge in [-0.15, -0.1) is 0 Å².